The maximum atomic E-state index is 12.1. The van der Waals surface area contributed by atoms with Crippen LogP contribution in [0.25, 0.3) is 0 Å². The molecule has 0 aliphatic carbocycles. The van der Waals surface area contributed by atoms with Crippen molar-refractivity contribution in [3.63, 3.8) is 0 Å². The first-order chi connectivity index (χ1) is 16.1. The van der Waals surface area contributed by atoms with Gasteiger partial charge in [-0.2, -0.15) is 0 Å². The zero-order chi connectivity index (χ0) is 23.0. The van der Waals surface area contributed by atoms with Gasteiger partial charge in [0.2, 0.25) is 0 Å². The van der Waals surface area contributed by atoms with Crippen LogP contribution in [0.3, 0.4) is 0 Å². The normalized spacial score (nSPS) is 16.2. The van der Waals surface area contributed by atoms with Crippen LogP contribution in [0.2, 0.25) is 0 Å². The van der Waals surface area contributed by atoms with E-state index in [0.29, 0.717) is 0 Å². The minimum absolute atomic E-state index is 0. The summed E-state index contributed by atoms with van der Waals surface area (Å²) in [5, 5.41) is 0. The Labute approximate surface area is 208 Å². The van der Waals surface area contributed by atoms with Crippen molar-refractivity contribution in [1.82, 2.24) is 9.80 Å². The lowest BCUT2D eigenvalue weighted by Gasteiger charge is -2.42. The van der Waals surface area contributed by atoms with Gasteiger partial charge in [0.15, 0.2) is 0 Å². The molecule has 1 aliphatic rings. The number of hydrogen-bond acceptors (Lipinski definition) is 5. The fourth-order valence-corrected chi connectivity index (χ4v) is 4.55. The highest BCUT2D eigenvalue weighted by Crippen LogP contribution is 2.37. The Hall–Kier alpha value is -2.86. The molecule has 0 radical (unpaired) electrons. The van der Waals surface area contributed by atoms with E-state index in [1.165, 1.54) is 12.5 Å². The smallest absolute Gasteiger partial charge is 0.303 e. The number of benzene rings is 3. The van der Waals surface area contributed by atoms with E-state index in [2.05, 4.69) is 46.2 Å². The van der Waals surface area contributed by atoms with Crippen LogP contribution in [0.5, 0.6) is 5.75 Å². The molecule has 2 atom stereocenters. The van der Waals surface area contributed by atoms with Gasteiger partial charge in [-0.25, -0.2) is 0 Å². The van der Waals surface area contributed by atoms with Gasteiger partial charge in [-0.05, 0) is 28.8 Å². The molecule has 34 heavy (non-hydrogen) atoms. The largest absolute Gasteiger partial charge is 0.497 e. The topological polar surface area (TPSA) is 42.0 Å². The third kappa shape index (κ3) is 6.60. The number of rotatable bonds is 8. The van der Waals surface area contributed by atoms with Gasteiger partial charge < -0.3 is 9.47 Å². The van der Waals surface area contributed by atoms with Crippen LogP contribution in [0.15, 0.2) is 84.9 Å². The quantitative estimate of drug-likeness (QED) is 0.410. The maximum Gasteiger partial charge on any atom is 0.303 e. The van der Waals surface area contributed by atoms with Crippen LogP contribution in [-0.2, 0) is 16.1 Å². The number of halogens is 1. The average Bonchev–Trinajstić information content (AvgIpc) is 2.86. The number of ether oxygens (including phenoxy) is 2. The van der Waals surface area contributed by atoms with Gasteiger partial charge in [0, 0.05) is 39.6 Å². The molecule has 1 aliphatic heterocycles. The zero-order valence-electron chi connectivity index (χ0n) is 19.8. The molecule has 0 aromatic heterocycles. The van der Waals surface area contributed by atoms with Crippen LogP contribution >= 0.6 is 12.4 Å². The van der Waals surface area contributed by atoms with Gasteiger partial charge in [-0.15, -0.1) is 12.4 Å². The van der Waals surface area contributed by atoms with Crippen molar-refractivity contribution >= 4 is 18.4 Å². The minimum atomic E-state index is -0.362. The second kappa shape index (κ2) is 12.6. The molecule has 180 valence electrons. The van der Waals surface area contributed by atoms with E-state index in [1.54, 1.807) is 7.11 Å². The van der Waals surface area contributed by atoms with Gasteiger partial charge in [-0.1, -0.05) is 72.8 Å². The SMILES string of the molecule is COc1ccc(CN2CCN(C(c3ccccc3)C(OC(C)=O)c3ccccc3)CC2)cc1.Cl. The molecule has 0 N–H and O–H groups in total. The fourth-order valence-electron chi connectivity index (χ4n) is 4.55. The Morgan fingerprint density at radius 3 is 1.91 bits per heavy atom. The van der Waals surface area contributed by atoms with E-state index in [4.69, 9.17) is 9.47 Å². The molecule has 4 rings (SSSR count). The molecular weight excluding hydrogens is 448 g/mol. The van der Waals surface area contributed by atoms with E-state index in [-0.39, 0.29) is 30.5 Å². The predicted octanol–water partition coefficient (Wildman–Crippen LogP) is 5.28. The van der Waals surface area contributed by atoms with Crippen LogP contribution in [0.1, 0.15) is 35.8 Å². The number of carbonyl (C=O) groups is 1. The van der Waals surface area contributed by atoms with E-state index in [1.807, 2.05) is 48.5 Å². The third-order valence-electron chi connectivity index (χ3n) is 6.21. The van der Waals surface area contributed by atoms with Gasteiger partial charge in [-0.3, -0.25) is 14.6 Å². The van der Waals surface area contributed by atoms with Gasteiger partial charge >= 0.3 is 5.97 Å². The molecule has 1 fully saturated rings. The molecule has 5 nitrogen and oxygen atoms in total. The lowest BCUT2D eigenvalue weighted by atomic mass is 9.93. The molecular formula is C28H33ClN2O3. The summed E-state index contributed by atoms with van der Waals surface area (Å²) >= 11 is 0. The Bertz CT molecular complexity index is 1010. The average molecular weight is 481 g/mol. The van der Waals surface area contributed by atoms with Crippen molar-refractivity contribution in [3.8, 4) is 5.75 Å². The van der Waals surface area contributed by atoms with Crippen molar-refractivity contribution in [2.45, 2.75) is 25.6 Å². The number of hydrogen-bond donors (Lipinski definition) is 0. The summed E-state index contributed by atoms with van der Waals surface area (Å²) < 4.78 is 11.2. The van der Waals surface area contributed by atoms with Crippen molar-refractivity contribution in [2.75, 3.05) is 33.3 Å². The Morgan fingerprint density at radius 1 is 0.824 bits per heavy atom. The Balaban J connectivity index is 0.00000324. The molecule has 6 heteroatoms. The van der Waals surface area contributed by atoms with E-state index < -0.39 is 0 Å². The molecule has 1 saturated heterocycles. The van der Waals surface area contributed by atoms with E-state index in [9.17, 15) is 4.79 Å². The maximum absolute atomic E-state index is 12.1. The van der Waals surface area contributed by atoms with Crippen LogP contribution in [0.4, 0.5) is 0 Å². The first-order valence-corrected chi connectivity index (χ1v) is 11.5. The molecule has 0 saturated carbocycles. The van der Waals surface area contributed by atoms with E-state index >= 15 is 0 Å². The Morgan fingerprint density at radius 2 is 1.38 bits per heavy atom. The standard InChI is InChI=1S/C28H32N2O3.ClH/c1-22(31)33-28(25-11-7-4-8-12-25)27(24-9-5-3-6-10-24)30-19-17-29(18-20-30)21-23-13-15-26(32-2)16-14-23;/h3-16,27-28H,17-21H2,1-2H3;1H. The van der Waals surface area contributed by atoms with Crippen LogP contribution < -0.4 is 4.74 Å². The first-order valence-electron chi connectivity index (χ1n) is 11.5. The molecule has 0 spiro atoms. The van der Waals surface area contributed by atoms with Crippen molar-refractivity contribution in [3.05, 3.63) is 102 Å². The number of nitrogens with zero attached hydrogens (tertiary/aromatic N) is 2. The fraction of sp³-hybridized carbons (Fsp3) is 0.321. The number of carbonyl (C=O) groups excluding carboxylic acids is 1. The predicted molar refractivity (Wildman–Crippen MR) is 137 cm³/mol. The van der Waals surface area contributed by atoms with Crippen molar-refractivity contribution < 1.29 is 14.3 Å². The van der Waals surface area contributed by atoms with Gasteiger partial charge in [0.1, 0.15) is 11.9 Å². The molecule has 0 bridgehead atoms. The van der Waals surface area contributed by atoms with Crippen LogP contribution in [-0.4, -0.2) is 49.1 Å². The number of methoxy groups -OCH3 is 1. The highest BCUT2D eigenvalue weighted by atomic mass is 35.5. The zero-order valence-corrected chi connectivity index (χ0v) is 20.6. The summed E-state index contributed by atoms with van der Waals surface area (Å²) in [5.74, 6) is 0.620. The molecule has 1 heterocycles. The summed E-state index contributed by atoms with van der Waals surface area (Å²) in [6.45, 7) is 6.12. The molecule has 0 amide bonds. The van der Waals surface area contributed by atoms with E-state index in [0.717, 1.165) is 49.6 Å². The molecule has 3 aromatic rings. The number of piperazine rings is 1. The summed E-state index contributed by atoms with van der Waals surface area (Å²) in [5.41, 5.74) is 3.46. The first kappa shape index (κ1) is 25.8. The second-order valence-corrected chi connectivity index (χ2v) is 8.46. The van der Waals surface area contributed by atoms with Crippen molar-refractivity contribution in [1.29, 1.82) is 0 Å². The summed E-state index contributed by atoms with van der Waals surface area (Å²) in [4.78, 5) is 17.0. The molecule has 3 aromatic carbocycles. The summed E-state index contributed by atoms with van der Waals surface area (Å²) in [6, 6.07) is 28.7. The lowest BCUT2D eigenvalue weighted by Crippen LogP contribution is -2.48. The summed E-state index contributed by atoms with van der Waals surface area (Å²) in [6.07, 6.45) is -0.362. The second-order valence-electron chi connectivity index (χ2n) is 8.46. The minimum Gasteiger partial charge on any atom is -0.497 e. The van der Waals surface area contributed by atoms with Gasteiger partial charge in [0.05, 0.1) is 13.2 Å². The number of esters is 1. The highest BCUT2D eigenvalue weighted by Gasteiger charge is 2.34. The highest BCUT2D eigenvalue weighted by molar-refractivity contribution is 5.85. The molecule has 2 unspecified atom stereocenters. The summed E-state index contributed by atoms with van der Waals surface area (Å²) in [7, 11) is 1.69. The Kier molecular flexibility index (Phi) is 9.52. The van der Waals surface area contributed by atoms with Gasteiger partial charge in [0.25, 0.3) is 0 Å². The van der Waals surface area contributed by atoms with Crippen LogP contribution in [0, 0.1) is 0 Å². The lowest BCUT2D eigenvalue weighted by molar-refractivity contribution is -0.151. The van der Waals surface area contributed by atoms with Crippen molar-refractivity contribution in [2.24, 2.45) is 0 Å². The third-order valence-corrected chi connectivity index (χ3v) is 6.21. The monoisotopic (exact) mass is 480 g/mol.